The molecule has 2 N–H and O–H groups in total. The maximum absolute atomic E-state index is 14.6. The van der Waals surface area contributed by atoms with Crippen molar-refractivity contribution in [3.63, 3.8) is 0 Å². The predicted molar refractivity (Wildman–Crippen MR) is 106 cm³/mol. The number of hydrogen-bond donors (Lipinski definition) is 2. The van der Waals surface area contributed by atoms with E-state index < -0.39 is 36.3 Å². The number of carbonyl (C=O) groups excluding carboxylic acids is 1. The maximum Gasteiger partial charge on any atom is 0.329 e. The molecule has 0 unspecified atom stereocenters. The minimum Gasteiger partial charge on any atom is -0.480 e. The van der Waals surface area contributed by atoms with Crippen LogP contribution in [0.15, 0.2) is 30.3 Å². The number of alkyl halides is 2. The van der Waals surface area contributed by atoms with E-state index in [1.807, 2.05) is 0 Å². The quantitative estimate of drug-likeness (QED) is 0.730. The molecule has 160 valence electrons. The zero-order valence-corrected chi connectivity index (χ0v) is 16.9. The molecule has 0 aromatic heterocycles. The zero-order chi connectivity index (χ0) is 21.1. The lowest BCUT2D eigenvalue weighted by Crippen LogP contribution is -2.59. The van der Waals surface area contributed by atoms with Crippen LogP contribution in [-0.2, 0) is 11.2 Å². The van der Waals surface area contributed by atoms with Crippen LogP contribution in [-0.4, -0.2) is 46.6 Å². The molecule has 1 aromatic rings. The number of rotatable bonds is 6. The van der Waals surface area contributed by atoms with Crippen LogP contribution in [0.5, 0.6) is 0 Å². The Morgan fingerprint density at radius 1 is 1.10 bits per heavy atom. The molecular weight excluding hydrogens is 378 g/mol. The lowest BCUT2D eigenvalue weighted by Gasteiger charge is -2.40. The van der Waals surface area contributed by atoms with E-state index in [2.05, 4.69) is 5.32 Å². The third kappa shape index (κ3) is 5.25. The molecule has 5 nitrogen and oxygen atoms in total. The van der Waals surface area contributed by atoms with Crippen LogP contribution in [0.25, 0.3) is 0 Å². The Morgan fingerprint density at radius 2 is 1.69 bits per heavy atom. The molecule has 7 heteroatoms. The summed E-state index contributed by atoms with van der Waals surface area (Å²) in [5.74, 6) is -4.72. The van der Waals surface area contributed by atoms with E-state index in [1.54, 1.807) is 35.2 Å². The highest BCUT2D eigenvalue weighted by Gasteiger charge is 2.46. The Balaban J connectivity index is 1.62. The maximum atomic E-state index is 14.6. The number of aliphatic carboxylic acids is 1. The fraction of sp³-hybridized carbons (Fsp3) is 0.636. The molecule has 1 aliphatic heterocycles. The van der Waals surface area contributed by atoms with E-state index >= 15 is 0 Å². The van der Waals surface area contributed by atoms with Crippen LogP contribution in [0, 0.1) is 5.41 Å². The molecule has 1 aliphatic carbocycles. The number of piperidine rings is 1. The number of nitrogens with one attached hydrogen (secondary N) is 1. The molecule has 2 aliphatic rings. The normalized spacial score (nSPS) is 21.0. The van der Waals surface area contributed by atoms with Gasteiger partial charge in [-0.25, -0.2) is 18.4 Å². The smallest absolute Gasteiger partial charge is 0.329 e. The van der Waals surface area contributed by atoms with Gasteiger partial charge in [0.2, 0.25) is 0 Å². The van der Waals surface area contributed by atoms with Gasteiger partial charge in [0.05, 0.1) is 0 Å². The second kappa shape index (κ2) is 8.28. The highest BCUT2D eigenvalue weighted by atomic mass is 19.3. The molecule has 1 heterocycles. The molecule has 3 rings (SSSR count). The molecule has 0 radical (unpaired) electrons. The number of benzene rings is 1. The topological polar surface area (TPSA) is 69.6 Å². The number of halogens is 2. The number of amides is 2. The number of nitrogens with zero attached hydrogens (tertiary/aromatic N) is 1. The van der Waals surface area contributed by atoms with Gasteiger partial charge < -0.3 is 15.3 Å². The lowest BCUT2D eigenvalue weighted by molar-refractivity contribution is -0.148. The van der Waals surface area contributed by atoms with Crippen molar-refractivity contribution >= 4 is 12.0 Å². The van der Waals surface area contributed by atoms with E-state index in [4.69, 9.17) is 0 Å². The first-order valence-electron chi connectivity index (χ1n) is 10.4. The van der Waals surface area contributed by atoms with Crippen LogP contribution in [0.3, 0.4) is 0 Å². The van der Waals surface area contributed by atoms with Gasteiger partial charge in [0.15, 0.2) is 0 Å². The predicted octanol–water partition coefficient (Wildman–Crippen LogP) is 4.46. The molecular formula is C22H30F2N2O3. The Morgan fingerprint density at radius 3 is 2.24 bits per heavy atom. The van der Waals surface area contributed by atoms with E-state index in [9.17, 15) is 23.5 Å². The SMILES string of the molecule is C[C@@](CC(F)(F)Cc1ccccc1)(NC(=O)N1CCC2(CCCC2)CC1)C(=O)O. The molecule has 1 saturated carbocycles. The van der Waals surface area contributed by atoms with Crippen molar-refractivity contribution in [3.8, 4) is 0 Å². The van der Waals surface area contributed by atoms with Crippen molar-refractivity contribution in [1.82, 2.24) is 10.2 Å². The summed E-state index contributed by atoms with van der Waals surface area (Å²) in [6, 6.07) is 7.65. The van der Waals surface area contributed by atoms with Crippen LogP contribution in [0.4, 0.5) is 13.6 Å². The van der Waals surface area contributed by atoms with Gasteiger partial charge in [0.1, 0.15) is 5.54 Å². The Labute approximate surface area is 170 Å². The Bertz CT molecular complexity index is 725. The number of urea groups is 1. The summed E-state index contributed by atoms with van der Waals surface area (Å²) in [4.78, 5) is 26.0. The summed E-state index contributed by atoms with van der Waals surface area (Å²) >= 11 is 0. The third-order valence-electron chi connectivity index (χ3n) is 6.55. The number of carboxylic acids is 1. The van der Waals surface area contributed by atoms with E-state index in [0.29, 0.717) is 24.1 Å². The van der Waals surface area contributed by atoms with Crippen molar-refractivity contribution in [1.29, 1.82) is 0 Å². The van der Waals surface area contributed by atoms with E-state index in [0.717, 1.165) is 19.8 Å². The first-order chi connectivity index (χ1) is 13.6. The minimum atomic E-state index is -3.27. The van der Waals surface area contributed by atoms with Crippen molar-refractivity contribution in [2.45, 2.75) is 69.8 Å². The van der Waals surface area contributed by atoms with Crippen LogP contribution < -0.4 is 5.32 Å². The average Bonchev–Trinajstić information content (AvgIpc) is 3.10. The average molecular weight is 408 g/mol. The van der Waals surface area contributed by atoms with E-state index in [-0.39, 0.29) is 0 Å². The summed E-state index contributed by atoms with van der Waals surface area (Å²) in [5.41, 5.74) is -1.30. The fourth-order valence-corrected chi connectivity index (χ4v) is 4.77. The molecule has 1 atom stereocenters. The van der Waals surface area contributed by atoms with Crippen molar-refractivity contribution < 1.29 is 23.5 Å². The van der Waals surface area contributed by atoms with Crippen LogP contribution >= 0.6 is 0 Å². The summed E-state index contributed by atoms with van der Waals surface area (Å²) in [6.07, 6.45) is 5.07. The minimum absolute atomic E-state index is 0.315. The third-order valence-corrected chi connectivity index (χ3v) is 6.55. The van der Waals surface area contributed by atoms with E-state index in [1.165, 1.54) is 25.7 Å². The van der Waals surface area contributed by atoms with Gasteiger partial charge in [-0.3, -0.25) is 0 Å². The number of carbonyl (C=O) groups is 2. The highest BCUT2D eigenvalue weighted by Crippen LogP contribution is 2.46. The second-order valence-electron chi connectivity index (χ2n) is 8.96. The van der Waals surface area contributed by atoms with Gasteiger partial charge in [-0.2, -0.15) is 0 Å². The van der Waals surface area contributed by atoms with Crippen molar-refractivity contribution in [2.75, 3.05) is 13.1 Å². The summed E-state index contributed by atoms with van der Waals surface area (Å²) in [6.45, 7) is 2.25. The summed E-state index contributed by atoms with van der Waals surface area (Å²) in [5, 5.41) is 12.0. The van der Waals surface area contributed by atoms with Crippen LogP contribution in [0.2, 0.25) is 0 Å². The summed E-state index contributed by atoms with van der Waals surface area (Å²) < 4.78 is 29.3. The number of likely N-dealkylation sites (tertiary alicyclic amines) is 1. The molecule has 2 fully saturated rings. The van der Waals surface area contributed by atoms with Gasteiger partial charge >= 0.3 is 12.0 Å². The lowest BCUT2D eigenvalue weighted by atomic mass is 9.77. The monoisotopic (exact) mass is 408 g/mol. The van der Waals surface area contributed by atoms with Crippen molar-refractivity contribution in [3.05, 3.63) is 35.9 Å². The molecule has 29 heavy (non-hydrogen) atoms. The molecule has 0 bridgehead atoms. The van der Waals surface area contributed by atoms with Crippen molar-refractivity contribution in [2.24, 2.45) is 5.41 Å². The second-order valence-corrected chi connectivity index (χ2v) is 8.96. The summed E-state index contributed by atoms with van der Waals surface area (Å²) in [7, 11) is 0. The fourth-order valence-electron chi connectivity index (χ4n) is 4.77. The van der Waals surface area contributed by atoms with Crippen LogP contribution in [0.1, 0.15) is 57.4 Å². The van der Waals surface area contributed by atoms with Gasteiger partial charge in [0, 0.05) is 25.9 Å². The Hall–Kier alpha value is -2.18. The first kappa shape index (κ1) is 21.5. The number of hydrogen-bond acceptors (Lipinski definition) is 2. The molecule has 1 aromatic carbocycles. The molecule has 2 amide bonds. The largest absolute Gasteiger partial charge is 0.480 e. The standard InChI is InChI=1S/C22H30F2N2O3/c1-20(18(27)28,16-22(23,24)15-17-7-3-2-4-8-17)25-19(29)26-13-11-21(12-14-26)9-5-6-10-21/h2-4,7-8H,5-6,9-16H2,1H3,(H,25,29)(H,27,28)/t20-/m0/s1. The van der Waals surface area contributed by atoms with Gasteiger partial charge in [-0.1, -0.05) is 43.2 Å². The molecule has 1 saturated heterocycles. The highest BCUT2D eigenvalue weighted by molar-refractivity contribution is 5.86. The van der Waals surface area contributed by atoms with Gasteiger partial charge in [0.25, 0.3) is 5.92 Å². The van der Waals surface area contributed by atoms with Gasteiger partial charge in [-0.05, 0) is 43.6 Å². The Kier molecular flexibility index (Phi) is 6.15. The zero-order valence-electron chi connectivity index (χ0n) is 16.9. The van der Waals surface area contributed by atoms with Gasteiger partial charge in [-0.15, -0.1) is 0 Å². The first-order valence-corrected chi connectivity index (χ1v) is 10.4. The number of carboxylic acid groups (broad SMARTS) is 1. The molecule has 1 spiro atoms.